The van der Waals surface area contributed by atoms with Gasteiger partial charge in [-0.05, 0) is 51.0 Å². The average molecular weight is 367 g/mol. The zero-order valence-electron chi connectivity index (χ0n) is 16.2. The van der Waals surface area contributed by atoms with Crippen molar-refractivity contribution in [1.29, 1.82) is 0 Å². The second kappa shape index (κ2) is 9.35. The largest absolute Gasteiger partial charge is 0.372 e. The second-order valence-corrected chi connectivity index (χ2v) is 6.94. The van der Waals surface area contributed by atoms with Crippen LogP contribution in [0.5, 0.6) is 0 Å². The Morgan fingerprint density at radius 2 is 1.74 bits per heavy atom. The SMILES string of the molecule is CCN(CC)c1ccc(NC(=O)c2cnc(NC3CCCCC3)cn2)cc1. The van der Waals surface area contributed by atoms with Crippen molar-refractivity contribution in [2.45, 2.75) is 52.0 Å². The third-order valence-electron chi connectivity index (χ3n) is 5.10. The van der Waals surface area contributed by atoms with Crippen LogP contribution in [0.1, 0.15) is 56.4 Å². The van der Waals surface area contributed by atoms with Crippen LogP contribution in [-0.4, -0.2) is 35.0 Å². The van der Waals surface area contributed by atoms with Crippen LogP contribution in [0.25, 0.3) is 0 Å². The van der Waals surface area contributed by atoms with Gasteiger partial charge in [0.1, 0.15) is 11.5 Å². The van der Waals surface area contributed by atoms with E-state index in [-0.39, 0.29) is 5.91 Å². The van der Waals surface area contributed by atoms with Crippen LogP contribution in [-0.2, 0) is 0 Å². The number of aromatic nitrogens is 2. The summed E-state index contributed by atoms with van der Waals surface area (Å²) in [6.07, 6.45) is 9.37. The van der Waals surface area contributed by atoms with Crippen LogP contribution in [0.15, 0.2) is 36.7 Å². The van der Waals surface area contributed by atoms with Crippen molar-refractivity contribution in [1.82, 2.24) is 9.97 Å². The Hall–Kier alpha value is -2.63. The number of anilines is 3. The van der Waals surface area contributed by atoms with E-state index in [0.29, 0.717) is 11.7 Å². The number of benzene rings is 1. The van der Waals surface area contributed by atoms with Gasteiger partial charge in [0.05, 0.1) is 12.4 Å². The van der Waals surface area contributed by atoms with Crippen LogP contribution in [0.4, 0.5) is 17.2 Å². The molecule has 0 spiro atoms. The maximum absolute atomic E-state index is 12.4. The molecule has 1 aliphatic rings. The molecule has 3 rings (SSSR count). The van der Waals surface area contributed by atoms with Crippen molar-refractivity contribution in [2.24, 2.45) is 0 Å². The molecule has 0 atom stereocenters. The molecule has 6 heteroatoms. The van der Waals surface area contributed by atoms with E-state index < -0.39 is 0 Å². The molecule has 0 radical (unpaired) electrons. The number of nitrogens with zero attached hydrogens (tertiary/aromatic N) is 3. The Morgan fingerprint density at radius 1 is 1.04 bits per heavy atom. The summed E-state index contributed by atoms with van der Waals surface area (Å²) in [5.41, 5.74) is 2.22. The lowest BCUT2D eigenvalue weighted by Gasteiger charge is -2.23. The lowest BCUT2D eigenvalue weighted by atomic mass is 9.96. The summed E-state index contributed by atoms with van der Waals surface area (Å²) in [6.45, 7) is 6.17. The number of carbonyl (C=O) groups excluding carboxylic acids is 1. The molecule has 1 amide bonds. The lowest BCUT2D eigenvalue weighted by Crippen LogP contribution is -2.23. The Kier molecular flexibility index (Phi) is 6.63. The van der Waals surface area contributed by atoms with Gasteiger partial charge in [0, 0.05) is 30.5 Å². The van der Waals surface area contributed by atoms with Crippen molar-refractivity contribution < 1.29 is 4.79 Å². The molecular formula is C21H29N5O. The Bertz CT molecular complexity index is 719. The first-order valence-corrected chi connectivity index (χ1v) is 9.94. The van der Waals surface area contributed by atoms with E-state index in [0.717, 1.165) is 30.3 Å². The fourth-order valence-corrected chi connectivity index (χ4v) is 3.52. The van der Waals surface area contributed by atoms with Gasteiger partial charge in [-0.2, -0.15) is 0 Å². The number of hydrogen-bond acceptors (Lipinski definition) is 5. The molecule has 27 heavy (non-hydrogen) atoms. The molecule has 2 N–H and O–H groups in total. The topological polar surface area (TPSA) is 70.2 Å². The van der Waals surface area contributed by atoms with E-state index in [1.807, 2.05) is 24.3 Å². The highest BCUT2D eigenvalue weighted by molar-refractivity contribution is 6.02. The fraction of sp³-hybridized carbons (Fsp3) is 0.476. The monoisotopic (exact) mass is 367 g/mol. The van der Waals surface area contributed by atoms with E-state index in [4.69, 9.17) is 0 Å². The third-order valence-corrected chi connectivity index (χ3v) is 5.10. The fourth-order valence-electron chi connectivity index (χ4n) is 3.52. The van der Waals surface area contributed by atoms with E-state index in [1.165, 1.54) is 38.3 Å². The van der Waals surface area contributed by atoms with Crippen molar-refractivity contribution in [3.05, 3.63) is 42.4 Å². The molecule has 144 valence electrons. The maximum atomic E-state index is 12.4. The number of nitrogens with one attached hydrogen (secondary N) is 2. The summed E-state index contributed by atoms with van der Waals surface area (Å²) in [4.78, 5) is 23.3. The number of hydrogen-bond donors (Lipinski definition) is 2. The first-order chi connectivity index (χ1) is 13.2. The summed E-state index contributed by atoms with van der Waals surface area (Å²) in [5.74, 6) is 0.490. The summed E-state index contributed by atoms with van der Waals surface area (Å²) >= 11 is 0. The third kappa shape index (κ3) is 5.18. The van der Waals surface area contributed by atoms with E-state index in [2.05, 4.69) is 39.3 Å². The van der Waals surface area contributed by atoms with Crippen molar-refractivity contribution >= 4 is 23.1 Å². The minimum atomic E-state index is -0.248. The quantitative estimate of drug-likeness (QED) is 0.763. The molecule has 2 aromatic rings. The van der Waals surface area contributed by atoms with Crippen LogP contribution in [0.3, 0.4) is 0 Å². The average Bonchev–Trinajstić information content (AvgIpc) is 2.71. The summed E-state index contributed by atoms with van der Waals surface area (Å²) in [5, 5.41) is 6.30. The van der Waals surface area contributed by atoms with Gasteiger partial charge in [-0.3, -0.25) is 4.79 Å². The van der Waals surface area contributed by atoms with Gasteiger partial charge in [-0.1, -0.05) is 19.3 Å². The highest BCUT2D eigenvalue weighted by atomic mass is 16.1. The van der Waals surface area contributed by atoms with Gasteiger partial charge in [0.2, 0.25) is 0 Å². The molecule has 1 heterocycles. The molecule has 1 saturated carbocycles. The number of rotatable bonds is 7. The van der Waals surface area contributed by atoms with Crippen molar-refractivity contribution in [2.75, 3.05) is 28.6 Å². The van der Waals surface area contributed by atoms with Gasteiger partial charge in [-0.25, -0.2) is 9.97 Å². The molecule has 1 aliphatic carbocycles. The molecule has 0 saturated heterocycles. The predicted molar refractivity (Wildman–Crippen MR) is 110 cm³/mol. The lowest BCUT2D eigenvalue weighted by molar-refractivity contribution is 0.102. The highest BCUT2D eigenvalue weighted by Crippen LogP contribution is 2.21. The first-order valence-electron chi connectivity index (χ1n) is 9.94. The first kappa shape index (κ1) is 19.1. The van der Waals surface area contributed by atoms with Gasteiger partial charge in [0.15, 0.2) is 0 Å². The van der Waals surface area contributed by atoms with Crippen molar-refractivity contribution in [3.63, 3.8) is 0 Å². The number of carbonyl (C=O) groups is 1. The van der Waals surface area contributed by atoms with Gasteiger partial charge in [0.25, 0.3) is 5.91 Å². The summed E-state index contributed by atoms with van der Waals surface area (Å²) in [6, 6.07) is 8.34. The minimum Gasteiger partial charge on any atom is -0.372 e. The van der Waals surface area contributed by atoms with Gasteiger partial charge in [-0.15, -0.1) is 0 Å². The van der Waals surface area contributed by atoms with Crippen LogP contribution in [0, 0.1) is 0 Å². The van der Waals surface area contributed by atoms with Crippen LogP contribution < -0.4 is 15.5 Å². The molecule has 1 aromatic carbocycles. The molecular weight excluding hydrogens is 338 g/mol. The molecule has 1 aromatic heterocycles. The molecule has 6 nitrogen and oxygen atoms in total. The summed E-state index contributed by atoms with van der Waals surface area (Å²) in [7, 11) is 0. The van der Waals surface area contributed by atoms with E-state index in [1.54, 1.807) is 6.20 Å². The predicted octanol–water partition coefficient (Wildman–Crippen LogP) is 4.32. The molecule has 1 fully saturated rings. The standard InChI is InChI=1S/C21H29N5O/c1-3-26(4-2)18-12-10-17(11-13-18)25-21(27)19-14-23-20(15-22-19)24-16-8-6-5-7-9-16/h10-16H,3-9H2,1-2H3,(H,23,24)(H,25,27). The van der Waals surface area contributed by atoms with E-state index >= 15 is 0 Å². The van der Waals surface area contributed by atoms with Crippen molar-refractivity contribution in [3.8, 4) is 0 Å². The maximum Gasteiger partial charge on any atom is 0.275 e. The molecule has 0 unspecified atom stereocenters. The molecule has 0 bridgehead atoms. The smallest absolute Gasteiger partial charge is 0.275 e. The van der Waals surface area contributed by atoms with Crippen LogP contribution in [0.2, 0.25) is 0 Å². The van der Waals surface area contributed by atoms with E-state index in [9.17, 15) is 4.79 Å². The van der Waals surface area contributed by atoms with Gasteiger partial charge < -0.3 is 15.5 Å². The Morgan fingerprint density at radius 3 is 2.33 bits per heavy atom. The normalized spacial score (nSPS) is 14.6. The zero-order chi connectivity index (χ0) is 19.1. The highest BCUT2D eigenvalue weighted by Gasteiger charge is 2.14. The minimum absolute atomic E-state index is 0.248. The Labute approximate surface area is 161 Å². The van der Waals surface area contributed by atoms with Crippen LogP contribution >= 0.6 is 0 Å². The Balaban J connectivity index is 1.57. The zero-order valence-corrected chi connectivity index (χ0v) is 16.2. The second-order valence-electron chi connectivity index (χ2n) is 6.94. The summed E-state index contributed by atoms with van der Waals surface area (Å²) < 4.78 is 0. The van der Waals surface area contributed by atoms with Gasteiger partial charge >= 0.3 is 0 Å². The number of amides is 1. The molecule has 0 aliphatic heterocycles.